The van der Waals surface area contributed by atoms with Gasteiger partial charge in [-0.15, -0.1) is 0 Å². The second-order valence-corrected chi connectivity index (χ2v) is 1.23. The van der Waals surface area contributed by atoms with E-state index < -0.39 is 0 Å². The Bertz CT molecular complexity index is 52.0. The van der Waals surface area contributed by atoms with E-state index >= 15 is 0 Å². The Hall–Kier alpha value is -0.530. The summed E-state index contributed by atoms with van der Waals surface area (Å²) < 4.78 is 4.84. The van der Waals surface area contributed by atoms with Gasteiger partial charge in [0.05, 0.1) is 6.61 Å². The van der Waals surface area contributed by atoms with Crippen LogP contribution < -0.4 is 0 Å². The lowest BCUT2D eigenvalue weighted by Gasteiger charge is -1.90. The highest BCUT2D eigenvalue weighted by Crippen LogP contribution is 1.73. The molecule has 0 aliphatic carbocycles. The molecule has 7 heavy (non-hydrogen) atoms. The Kier molecular flexibility index (Phi) is 5.06. The maximum absolute atomic E-state index is 4.84. The molecule has 0 aliphatic rings. The van der Waals surface area contributed by atoms with Crippen molar-refractivity contribution < 1.29 is 4.74 Å². The third-order valence-corrected chi connectivity index (χ3v) is 0.502. The lowest BCUT2D eigenvalue weighted by atomic mass is 10.5. The summed E-state index contributed by atoms with van der Waals surface area (Å²) in [5.74, 6) is 0. The van der Waals surface area contributed by atoms with Gasteiger partial charge in [-0.05, 0) is 6.42 Å². The van der Waals surface area contributed by atoms with Crippen molar-refractivity contribution in [1.82, 2.24) is 0 Å². The zero-order valence-corrected chi connectivity index (χ0v) is 4.85. The molecule has 0 radical (unpaired) electrons. The molecule has 0 amide bonds. The fourth-order valence-corrected chi connectivity index (χ4v) is 0.245. The van der Waals surface area contributed by atoms with Crippen molar-refractivity contribution >= 4 is 6.40 Å². The maximum Gasteiger partial charge on any atom is 0.169 e. The molecule has 42 valence electrons. The van der Waals surface area contributed by atoms with E-state index in [-0.39, 0.29) is 0 Å². The van der Waals surface area contributed by atoms with Crippen LogP contribution in [0.2, 0.25) is 0 Å². The Morgan fingerprint density at radius 3 is 2.86 bits per heavy atom. The van der Waals surface area contributed by atoms with Gasteiger partial charge in [0.1, 0.15) is 0 Å². The van der Waals surface area contributed by atoms with Crippen LogP contribution in [0.25, 0.3) is 0 Å². The van der Waals surface area contributed by atoms with Crippen LogP contribution in [0.3, 0.4) is 0 Å². The van der Waals surface area contributed by atoms with Crippen molar-refractivity contribution in [3.8, 4) is 0 Å². The lowest BCUT2D eigenvalue weighted by molar-refractivity contribution is 0.319. The molecule has 0 aliphatic heterocycles. The molecule has 0 rings (SSSR count). The molecule has 0 aromatic rings. The van der Waals surface area contributed by atoms with Gasteiger partial charge >= 0.3 is 0 Å². The quantitative estimate of drug-likeness (QED) is 0.296. The van der Waals surface area contributed by atoms with Crippen LogP contribution in [0.5, 0.6) is 0 Å². The van der Waals surface area contributed by atoms with Crippen molar-refractivity contribution in [3.63, 3.8) is 0 Å². The zero-order valence-electron chi connectivity index (χ0n) is 4.85. The van der Waals surface area contributed by atoms with Crippen LogP contribution in [0.4, 0.5) is 0 Å². The minimum Gasteiger partial charge on any atom is -0.484 e. The molecule has 0 bridgehead atoms. The van der Waals surface area contributed by atoms with Gasteiger partial charge in [-0.2, -0.15) is 0 Å². The molecule has 0 aromatic carbocycles. The summed E-state index contributed by atoms with van der Waals surface area (Å²) in [5.41, 5.74) is 0. The van der Waals surface area contributed by atoms with Crippen LogP contribution in [0.1, 0.15) is 13.3 Å². The van der Waals surface area contributed by atoms with Crippen molar-refractivity contribution in [3.05, 3.63) is 0 Å². The standard InChI is InChI=1S/C5H11NO/c1-3-4-7-5-6-2/h5H,3-4H2,1-2H3. The topological polar surface area (TPSA) is 21.6 Å². The summed E-state index contributed by atoms with van der Waals surface area (Å²) in [6.45, 7) is 2.83. The van der Waals surface area contributed by atoms with E-state index in [0.29, 0.717) is 0 Å². The normalized spacial score (nSPS) is 10.0. The van der Waals surface area contributed by atoms with E-state index in [1.807, 2.05) is 0 Å². The van der Waals surface area contributed by atoms with Gasteiger partial charge in [0.15, 0.2) is 6.40 Å². The Morgan fingerprint density at radius 1 is 1.71 bits per heavy atom. The molecule has 2 nitrogen and oxygen atoms in total. The maximum atomic E-state index is 4.84. The van der Waals surface area contributed by atoms with Crippen molar-refractivity contribution in [1.29, 1.82) is 0 Å². The van der Waals surface area contributed by atoms with Crippen molar-refractivity contribution in [2.45, 2.75) is 13.3 Å². The molecule has 0 aromatic heterocycles. The van der Waals surface area contributed by atoms with Crippen LogP contribution >= 0.6 is 0 Å². The van der Waals surface area contributed by atoms with E-state index in [1.54, 1.807) is 7.05 Å². The van der Waals surface area contributed by atoms with Gasteiger partial charge in [0, 0.05) is 7.05 Å². The molecule has 2 heteroatoms. The van der Waals surface area contributed by atoms with E-state index in [9.17, 15) is 0 Å². The fourth-order valence-electron chi connectivity index (χ4n) is 0.245. The van der Waals surface area contributed by atoms with Crippen LogP contribution in [-0.4, -0.2) is 20.1 Å². The predicted molar refractivity (Wildman–Crippen MR) is 30.7 cm³/mol. The molecule has 0 spiro atoms. The molecule has 0 atom stereocenters. The van der Waals surface area contributed by atoms with Gasteiger partial charge in [0.25, 0.3) is 0 Å². The summed E-state index contributed by atoms with van der Waals surface area (Å²) >= 11 is 0. The van der Waals surface area contributed by atoms with Gasteiger partial charge in [-0.25, -0.2) is 0 Å². The van der Waals surface area contributed by atoms with E-state index in [2.05, 4.69) is 11.9 Å². The molecular formula is C5H11NO. The largest absolute Gasteiger partial charge is 0.484 e. The highest BCUT2D eigenvalue weighted by atomic mass is 16.5. The smallest absolute Gasteiger partial charge is 0.169 e. The summed E-state index contributed by atoms with van der Waals surface area (Å²) in [7, 11) is 1.69. The first-order valence-corrected chi connectivity index (χ1v) is 2.44. The second-order valence-electron chi connectivity index (χ2n) is 1.23. The molecule has 0 heterocycles. The van der Waals surface area contributed by atoms with Crippen molar-refractivity contribution in [2.24, 2.45) is 4.99 Å². The molecular weight excluding hydrogens is 90.1 g/mol. The van der Waals surface area contributed by atoms with E-state index in [4.69, 9.17) is 4.74 Å². The fraction of sp³-hybridized carbons (Fsp3) is 0.800. The van der Waals surface area contributed by atoms with Crippen LogP contribution in [0.15, 0.2) is 4.99 Å². The molecule has 0 unspecified atom stereocenters. The average molecular weight is 101 g/mol. The highest BCUT2D eigenvalue weighted by molar-refractivity contribution is 5.45. The highest BCUT2D eigenvalue weighted by Gasteiger charge is 1.71. The van der Waals surface area contributed by atoms with E-state index in [0.717, 1.165) is 13.0 Å². The first kappa shape index (κ1) is 6.47. The van der Waals surface area contributed by atoms with Gasteiger partial charge in [0.2, 0.25) is 0 Å². The zero-order chi connectivity index (χ0) is 5.54. The van der Waals surface area contributed by atoms with E-state index in [1.165, 1.54) is 6.40 Å². The lowest BCUT2D eigenvalue weighted by Crippen LogP contribution is -1.87. The number of nitrogens with zero attached hydrogens (tertiary/aromatic N) is 1. The number of rotatable bonds is 3. The Balaban J connectivity index is 2.69. The van der Waals surface area contributed by atoms with Crippen molar-refractivity contribution in [2.75, 3.05) is 13.7 Å². The summed E-state index contributed by atoms with van der Waals surface area (Å²) in [4.78, 5) is 3.63. The number of hydrogen-bond acceptors (Lipinski definition) is 2. The first-order valence-electron chi connectivity index (χ1n) is 2.44. The predicted octanol–water partition coefficient (Wildman–Crippen LogP) is 1.07. The Morgan fingerprint density at radius 2 is 2.43 bits per heavy atom. The summed E-state index contributed by atoms with van der Waals surface area (Å²) in [6, 6.07) is 0. The first-order chi connectivity index (χ1) is 3.41. The van der Waals surface area contributed by atoms with Gasteiger partial charge < -0.3 is 4.74 Å². The SMILES string of the molecule is CCCOC=NC. The molecule has 0 saturated heterocycles. The molecule has 0 N–H and O–H groups in total. The number of aliphatic imine (C=N–C) groups is 1. The second kappa shape index (κ2) is 5.47. The average Bonchev–Trinajstić information content (AvgIpc) is 1.69. The number of hydrogen-bond donors (Lipinski definition) is 0. The monoisotopic (exact) mass is 101 g/mol. The Labute approximate surface area is 44.2 Å². The van der Waals surface area contributed by atoms with Gasteiger partial charge in [-0.1, -0.05) is 6.92 Å². The number of ether oxygens (including phenoxy) is 1. The van der Waals surface area contributed by atoms with Crippen LogP contribution in [-0.2, 0) is 4.74 Å². The minimum absolute atomic E-state index is 0.775. The van der Waals surface area contributed by atoms with Gasteiger partial charge in [-0.3, -0.25) is 4.99 Å². The summed E-state index contributed by atoms with van der Waals surface area (Å²) in [6.07, 6.45) is 2.51. The summed E-state index contributed by atoms with van der Waals surface area (Å²) in [5, 5.41) is 0. The van der Waals surface area contributed by atoms with Crippen LogP contribution in [0, 0.1) is 0 Å². The molecule has 0 saturated carbocycles. The molecule has 0 fully saturated rings. The third-order valence-electron chi connectivity index (χ3n) is 0.502. The minimum atomic E-state index is 0.775. The third kappa shape index (κ3) is 5.47.